The van der Waals surface area contributed by atoms with Gasteiger partial charge in [0.25, 0.3) is 0 Å². The summed E-state index contributed by atoms with van der Waals surface area (Å²) in [6, 6.07) is 0.278. The summed E-state index contributed by atoms with van der Waals surface area (Å²) in [6.45, 7) is 8.23. The number of aryl methyl sites for hydroxylation is 2. The molecular weight excluding hydrogens is 481 g/mol. The van der Waals surface area contributed by atoms with Gasteiger partial charge in [-0.2, -0.15) is 0 Å². The van der Waals surface area contributed by atoms with Crippen molar-refractivity contribution in [2.75, 3.05) is 26.2 Å². The number of fused-ring (bicyclic) bond motifs is 1. The maximum Gasteiger partial charge on any atom is 0.222 e. The molecule has 2 aliphatic rings. The molecule has 1 fully saturated rings. The molecule has 3 rings (SSSR count). The number of aliphatic imine (C=N–C) groups is 1. The van der Waals surface area contributed by atoms with Crippen molar-refractivity contribution in [1.82, 2.24) is 30.3 Å². The quantitative estimate of drug-likeness (QED) is 0.251. The predicted molar refractivity (Wildman–Crippen MR) is 126 cm³/mol. The molecule has 8 nitrogen and oxygen atoms in total. The van der Waals surface area contributed by atoms with Crippen LogP contribution in [0.1, 0.15) is 64.0 Å². The lowest BCUT2D eigenvalue weighted by atomic mass is 10.2. The van der Waals surface area contributed by atoms with Crippen LogP contribution in [0.4, 0.5) is 0 Å². The van der Waals surface area contributed by atoms with Crippen LogP contribution in [0.3, 0.4) is 0 Å². The van der Waals surface area contributed by atoms with Gasteiger partial charge in [0.05, 0.1) is 0 Å². The number of guanidine groups is 1. The van der Waals surface area contributed by atoms with Gasteiger partial charge in [0, 0.05) is 58.0 Å². The first kappa shape index (κ1) is 23.9. The smallest absolute Gasteiger partial charge is 0.222 e. The van der Waals surface area contributed by atoms with E-state index in [2.05, 4.69) is 32.3 Å². The van der Waals surface area contributed by atoms with Crippen LogP contribution >= 0.6 is 24.0 Å². The molecule has 0 bridgehead atoms. The number of carbonyl (C=O) groups excluding carboxylic acids is 1. The number of hydrogen-bond donors (Lipinski definition) is 2. The van der Waals surface area contributed by atoms with Gasteiger partial charge in [-0.3, -0.25) is 9.79 Å². The maximum absolute atomic E-state index is 11.9. The van der Waals surface area contributed by atoms with Gasteiger partial charge in [0.1, 0.15) is 11.6 Å². The van der Waals surface area contributed by atoms with E-state index in [9.17, 15) is 4.79 Å². The second-order valence-electron chi connectivity index (χ2n) is 7.68. The molecule has 2 aliphatic heterocycles. The van der Waals surface area contributed by atoms with Gasteiger partial charge in [0.2, 0.25) is 5.91 Å². The third-order valence-electron chi connectivity index (χ3n) is 5.54. The summed E-state index contributed by atoms with van der Waals surface area (Å²) >= 11 is 0. The lowest BCUT2D eigenvalue weighted by Gasteiger charge is -2.18. The van der Waals surface area contributed by atoms with E-state index in [1.54, 1.807) is 0 Å². The third kappa shape index (κ3) is 6.82. The van der Waals surface area contributed by atoms with E-state index in [1.165, 1.54) is 19.3 Å². The van der Waals surface area contributed by atoms with Crippen molar-refractivity contribution in [3.63, 3.8) is 0 Å². The largest absolute Gasteiger partial charge is 0.357 e. The molecule has 1 aromatic heterocycles. The molecule has 9 heteroatoms. The number of halogens is 1. The van der Waals surface area contributed by atoms with Crippen molar-refractivity contribution in [2.45, 2.75) is 77.8 Å². The predicted octanol–water partition coefficient (Wildman–Crippen LogP) is 2.12. The summed E-state index contributed by atoms with van der Waals surface area (Å²) in [7, 11) is 0. The first-order chi connectivity index (χ1) is 13.7. The summed E-state index contributed by atoms with van der Waals surface area (Å²) < 4.78 is 2.32. The van der Waals surface area contributed by atoms with Gasteiger partial charge in [0.15, 0.2) is 5.96 Å². The molecule has 164 valence electrons. The highest BCUT2D eigenvalue weighted by Crippen LogP contribution is 2.15. The van der Waals surface area contributed by atoms with E-state index in [1.807, 2.05) is 11.8 Å². The van der Waals surface area contributed by atoms with Gasteiger partial charge in [-0.1, -0.05) is 13.3 Å². The third-order valence-corrected chi connectivity index (χ3v) is 5.54. The Bertz CT molecular complexity index is 676. The van der Waals surface area contributed by atoms with Crippen molar-refractivity contribution in [1.29, 1.82) is 0 Å². The van der Waals surface area contributed by atoms with Crippen LogP contribution in [-0.2, 0) is 24.2 Å². The zero-order valence-corrected chi connectivity index (χ0v) is 20.2. The highest BCUT2D eigenvalue weighted by atomic mass is 127. The van der Waals surface area contributed by atoms with Crippen molar-refractivity contribution >= 4 is 35.8 Å². The Morgan fingerprint density at radius 2 is 2.07 bits per heavy atom. The maximum atomic E-state index is 11.9. The number of rotatable bonds is 7. The minimum atomic E-state index is 0. The number of aromatic nitrogens is 3. The Kier molecular flexibility index (Phi) is 10.2. The topological polar surface area (TPSA) is 87.4 Å². The number of amides is 1. The fraction of sp³-hybridized carbons (Fsp3) is 0.800. The van der Waals surface area contributed by atoms with E-state index in [0.29, 0.717) is 6.42 Å². The minimum Gasteiger partial charge on any atom is -0.357 e. The molecular formula is C20H36IN7O. The lowest BCUT2D eigenvalue weighted by molar-refractivity contribution is -0.129. The second-order valence-corrected chi connectivity index (χ2v) is 7.68. The van der Waals surface area contributed by atoms with E-state index < -0.39 is 0 Å². The standard InChI is InChI=1S/C20H35N7O.HI/c1-3-19(28)26-14-11-16(15-26)23-20(21-4-2)22-12-8-10-18-25-24-17-9-6-5-7-13-27(17)18;/h16H,3-15H2,1-2H3,(H2,21,22,23);1H. The molecule has 1 unspecified atom stereocenters. The van der Waals surface area contributed by atoms with Crippen LogP contribution in [0.2, 0.25) is 0 Å². The van der Waals surface area contributed by atoms with Crippen LogP contribution in [0.15, 0.2) is 4.99 Å². The minimum absolute atomic E-state index is 0. The van der Waals surface area contributed by atoms with Crippen LogP contribution in [0.25, 0.3) is 0 Å². The molecule has 0 saturated carbocycles. The van der Waals surface area contributed by atoms with Gasteiger partial charge >= 0.3 is 0 Å². The molecule has 2 N–H and O–H groups in total. The molecule has 0 radical (unpaired) electrons. The number of nitrogens with one attached hydrogen (secondary N) is 2. The molecule has 3 heterocycles. The SMILES string of the molecule is CCNC(=NCCCc1nnc2n1CCCCC2)NC1CCN(C(=O)CC)C1.I. The summed E-state index contributed by atoms with van der Waals surface area (Å²) in [4.78, 5) is 18.5. The number of carbonyl (C=O) groups is 1. The zero-order chi connectivity index (χ0) is 19.8. The average Bonchev–Trinajstić information content (AvgIpc) is 3.25. The monoisotopic (exact) mass is 517 g/mol. The van der Waals surface area contributed by atoms with Crippen molar-refractivity contribution < 1.29 is 4.79 Å². The first-order valence-electron chi connectivity index (χ1n) is 10.9. The van der Waals surface area contributed by atoms with Gasteiger partial charge in [-0.25, -0.2) is 0 Å². The molecule has 1 saturated heterocycles. The summed E-state index contributed by atoms with van der Waals surface area (Å²) in [6.07, 6.45) is 8.21. The Hall–Kier alpha value is -1.39. The summed E-state index contributed by atoms with van der Waals surface area (Å²) in [5, 5.41) is 15.6. The summed E-state index contributed by atoms with van der Waals surface area (Å²) in [5.74, 6) is 3.34. The second kappa shape index (κ2) is 12.3. The average molecular weight is 517 g/mol. The van der Waals surface area contributed by atoms with E-state index in [-0.39, 0.29) is 35.9 Å². The van der Waals surface area contributed by atoms with Crippen molar-refractivity contribution in [2.24, 2.45) is 4.99 Å². The molecule has 1 atom stereocenters. The fourth-order valence-electron chi connectivity index (χ4n) is 4.00. The van der Waals surface area contributed by atoms with Crippen LogP contribution in [0.5, 0.6) is 0 Å². The molecule has 1 amide bonds. The number of likely N-dealkylation sites (tertiary alicyclic amines) is 1. The Morgan fingerprint density at radius 3 is 2.86 bits per heavy atom. The van der Waals surface area contributed by atoms with Crippen molar-refractivity contribution in [3.8, 4) is 0 Å². The Balaban J connectivity index is 0.00000300. The van der Waals surface area contributed by atoms with E-state index >= 15 is 0 Å². The van der Waals surface area contributed by atoms with Crippen LogP contribution in [0, 0.1) is 0 Å². The van der Waals surface area contributed by atoms with Gasteiger partial charge in [-0.05, 0) is 32.6 Å². The van der Waals surface area contributed by atoms with E-state index in [4.69, 9.17) is 4.99 Å². The molecule has 0 spiro atoms. The number of nitrogens with zero attached hydrogens (tertiary/aromatic N) is 5. The van der Waals surface area contributed by atoms with Crippen LogP contribution in [-0.4, -0.2) is 63.8 Å². The Morgan fingerprint density at radius 1 is 1.21 bits per heavy atom. The summed E-state index contributed by atoms with van der Waals surface area (Å²) in [5.41, 5.74) is 0. The van der Waals surface area contributed by atoms with Crippen molar-refractivity contribution in [3.05, 3.63) is 11.6 Å². The fourth-order valence-corrected chi connectivity index (χ4v) is 4.00. The molecule has 0 aromatic carbocycles. The van der Waals surface area contributed by atoms with Crippen LogP contribution < -0.4 is 10.6 Å². The van der Waals surface area contributed by atoms with E-state index in [0.717, 1.165) is 76.0 Å². The molecule has 0 aliphatic carbocycles. The van der Waals surface area contributed by atoms with Gasteiger partial charge in [-0.15, -0.1) is 34.2 Å². The normalized spacial score (nSPS) is 19.3. The molecule has 29 heavy (non-hydrogen) atoms. The first-order valence-corrected chi connectivity index (χ1v) is 10.9. The Labute approximate surface area is 191 Å². The van der Waals surface area contributed by atoms with Gasteiger partial charge < -0.3 is 20.1 Å². The lowest BCUT2D eigenvalue weighted by Crippen LogP contribution is -2.45. The number of hydrogen-bond acceptors (Lipinski definition) is 4. The highest BCUT2D eigenvalue weighted by Gasteiger charge is 2.25. The molecule has 1 aromatic rings. The highest BCUT2D eigenvalue weighted by molar-refractivity contribution is 14.0. The zero-order valence-electron chi connectivity index (χ0n) is 17.8.